The van der Waals surface area contributed by atoms with Gasteiger partial charge < -0.3 is 14.6 Å². The molecule has 0 saturated heterocycles. The lowest BCUT2D eigenvalue weighted by molar-refractivity contribution is -0.138. The van der Waals surface area contributed by atoms with Gasteiger partial charge in [-0.1, -0.05) is 20.4 Å². The lowest BCUT2D eigenvalue weighted by atomic mass is 9.78. The molecule has 0 amide bonds. The lowest BCUT2D eigenvalue weighted by Crippen LogP contribution is -2.19. The molecule has 150 valence electrons. The Bertz CT molecular complexity index is 863. The van der Waals surface area contributed by atoms with Gasteiger partial charge in [0.15, 0.2) is 0 Å². The van der Waals surface area contributed by atoms with Crippen molar-refractivity contribution in [2.24, 2.45) is 0 Å². The Morgan fingerprint density at radius 2 is 1.46 bits per heavy atom. The summed E-state index contributed by atoms with van der Waals surface area (Å²) in [5.74, 6) is 0.315. The van der Waals surface area contributed by atoms with Crippen LogP contribution < -0.4 is 4.74 Å². The summed E-state index contributed by atoms with van der Waals surface area (Å²) < 4.78 is 13.4. The first kappa shape index (κ1) is 23.4. The van der Waals surface area contributed by atoms with E-state index in [9.17, 15) is 9.90 Å². The molecular formula is C20H18Br4O4. The number of carbonyl (C=O) groups is 1. The maximum absolute atomic E-state index is 11.1. The molecule has 1 N–H and O–H groups in total. The maximum atomic E-state index is 11.1. The minimum absolute atomic E-state index is 0.131. The number of phenolic OH excluding ortho intramolecular Hbond substituents is 1. The molecule has 0 atom stereocenters. The average molecular weight is 642 g/mol. The fraction of sp³-hybridized carbons (Fsp3) is 0.250. The number of aromatic hydroxyl groups is 1. The highest BCUT2D eigenvalue weighted by atomic mass is 79.9. The smallest absolute Gasteiger partial charge is 0.330 e. The zero-order chi connectivity index (χ0) is 21.1. The Labute approximate surface area is 197 Å². The second-order valence-corrected chi connectivity index (χ2v) is 9.82. The van der Waals surface area contributed by atoms with E-state index in [1.807, 2.05) is 24.3 Å². The molecule has 8 heteroatoms. The van der Waals surface area contributed by atoms with Crippen LogP contribution in [-0.2, 0) is 14.9 Å². The molecule has 2 rings (SSSR count). The minimum Gasteiger partial charge on any atom is -0.506 e. The van der Waals surface area contributed by atoms with Gasteiger partial charge in [-0.15, -0.1) is 0 Å². The van der Waals surface area contributed by atoms with Crippen LogP contribution in [0.3, 0.4) is 0 Å². The first-order chi connectivity index (χ1) is 13.1. The number of carbonyl (C=O) groups excluding carboxylic acids is 1. The van der Waals surface area contributed by atoms with E-state index in [-0.39, 0.29) is 24.4 Å². The number of phenols is 1. The fourth-order valence-corrected chi connectivity index (χ4v) is 5.10. The van der Waals surface area contributed by atoms with Crippen LogP contribution in [0.15, 0.2) is 54.8 Å². The fourth-order valence-electron chi connectivity index (χ4n) is 2.50. The Kier molecular flexibility index (Phi) is 8.19. The second-order valence-electron chi connectivity index (χ2n) is 6.40. The molecular weight excluding hydrogens is 624 g/mol. The molecule has 0 spiro atoms. The summed E-state index contributed by atoms with van der Waals surface area (Å²) in [6, 6.07) is 7.79. The zero-order valence-electron chi connectivity index (χ0n) is 15.2. The van der Waals surface area contributed by atoms with E-state index < -0.39 is 5.97 Å². The first-order valence-electron chi connectivity index (χ1n) is 8.18. The van der Waals surface area contributed by atoms with Crippen LogP contribution in [0.1, 0.15) is 25.0 Å². The van der Waals surface area contributed by atoms with Gasteiger partial charge in [-0.05, 0) is 99.1 Å². The molecule has 0 radical (unpaired) electrons. The van der Waals surface area contributed by atoms with Gasteiger partial charge in [0.25, 0.3) is 0 Å². The number of hydrogen-bond donors (Lipinski definition) is 1. The highest BCUT2D eigenvalue weighted by molar-refractivity contribution is 9.11. The standard InChI is InChI=1S/C20H18Br4O4/c1-4-17(25)27-5-6-28-19-15(23)9-12(10-16(19)24)20(2,3)11-7-13(21)18(26)14(22)8-11/h4,7-10,26H,1,5-6H2,2-3H3. The van der Waals surface area contributed by atoms with Crippen LogP contribution in [-0.4, -0.2) is 24.3 Å². The topological polar surface area (TPSA) is 55.8 Å². The molecule has 0 bridgehead atoms. The van der Waals surface area contributed by atoms with E-state index in [4.69, 9.17) is 9.47 Å². The summed E-state index contributed by atoms with van der Waals surface area (Å²) >= 11 is 13.9. The Morgan fingerprint density at radius 1 is 1.00 bits per heavy atom. The van der Waals surface area contributed by atoms with Crippen molar-refractivity contribution in [2.75, 3.05) is 13.2 Å². The summed E-state index contributed by atoms with van der Waals surface area (Å²) in [7, 11) is 0. The van der Waals surface area contributed by atoms with Gasteiger partial charge in [0.05, 0.1) is 17.9 Å². The van der Waals surface area contributed by atoms with E-state index >= 15 is 0 Å². The number of rotatable bonds is 7. The van der Waals surface area contributed by atoms with Crippen molar-refractivity contribution in [2.45, 2.75) is 19.3 Å². The van der Waals surface area contributed by atoms with Gasteiger partial charge in [0.2, 0.25) is 0 Å². The molecule has 0 aliphatic rings. The number of ether oxygens (including phenoxy) is 2. The Hall–Kier alpha value is -0.830. The van der Waals surface area contributed by atoms with Gasteiger partial charge in [-0.2, -0.15) is 0 Å². The van der Waals surface area contributed by atoms with Gasteiger partial charge in [-0.3, -0.25) is 0 Å². The first-order valence-corrected chi connectivity index (χ1v) is 11.3. The van der Waals surface area contributed by atoms with Crippen LogP contribution in [0.4, 0.5) is 0 Å². The molecule has 2 aromatic rings. The van der Waals surface area contributed by atoms with Crippen molar-refractivity contribution in [3.05, 3.63) is 65.9 Å². The molecule has 0 saturated carbocycles. The van der Waals surface area contributed by atoms with Crippen molar-refractivity contribution < 1.29 is 19.4 Å². The van der Waals surface area contributed by atoms with Gasteiger partial charge >= 0.3 is 5.97 Å². The van der Waals surface area contributed by atoms with E-state index in [2.05, 4.69) is 84.1 Å². The van der Waals surface area contributed by atoms with Crippen molar-refractivity contribution in [3.8, 4) is 11.5 Å². The normalized spacial score (nSPS) is 11.2. The van der Waals surface area contributed by atoms with E-state index in [0.717, 1.165) is 26.1 Å². The molecule has 28 heavy (non-hydrogen) atoms. The molecule has 0 aliphatic heterocycles. The lowest BCUT2D eigenvalue weighted by Gasteiger charge is -2.28. The van der Waals surface area contributed by atoms with Gasteiger partial charge in [0, 0.05) is 11.5 Å². The molecule has 0 unspecified atom stereocenters. The highest BCUT2D eigenvalue weighted by Gasteiger charge is 2.27. The van der Waals surface area contributed by atoms with E-state index in [1.165, 1.54) is 0 Å². The molecule has 2 aromatic carbocycles. The van der Waals surface area contributed by atoms with Crippen LogP contribution in [0.5, 0.6) is 11.5 Å². The molecule has 0 fully saturated rings. The SMILES string of the molecule is C=CC(=O)OCCOc1c(Br)cc(C(C)(C)c2cc(Br)c(O)c(Br)c2)cc1Br. The predicted molar refractivity (Wildman–Crippen MR) is 124 cm³/mol. The van der Waals surface area contributed by atoms with Crippen molar-refractivity contribution in [1.82, 2.24) is 0 Å². The third-order valence-electron chi connectivity index (χ3n) is 4.20. The van der Waals surface area contributed by atoms with Crippen LogP contribution >= 0.6 is 63.7 Å². The summed E-state index contributed by atoms with van der Waals surface area (Å²) in [4.78, 5) is 11.1. The molecule has 0 aromatic heterocycles. The van der Waals surface area contributed by atoms with E-state index in [0.29, 0.717) is 14.7 Å². The predicted octanol–water partition coefficient (Wildman–Crippen LogP) is 6.88. The largest absolute Gasteiger partial charge is 0.506 e. The molecule has 4 nitrogen and oxygen atoms in total. The van der Waals surface area contributed by atoms with Crippen LogP contribution in [0, 0.1) is 0 Å². The average Bonchev–Trinajstić information content (AvgIpc) is 2.63. The number of halogens is 4. The van der Waals surface area contributed by atoms with Crippen molar-refractivity contribution >= 4 is 69.7 Å². The minimum atomic E-state index is -0.481. The van der Waals surface area contributed by atoms with Crippen molar-refractivity contribution in [1.29, 1.82) is 0 Å². The second kappa shape index (κ2) is 9.78. The van der Waals surface area contributed by atoms with Crippen molar-refractivity contribution in [3.63, 3.8) is 0 Å². The van der Waals surface area contributed by atoms with Gasteiger partial charge in [-0.25, -0.2) is 4.79 Å². The summed E-state index contributed by atoms with van der Waals surface area (Å²) in [6.45, 7) is 7.90. The molecule has 0 heterocycles. The molecule has 0 aliphatic carbocycles. The summed E-state index contributed by atoms with van der Waals surface area (Å²) in [5, 5.41) is 9.98. The van der Waals surface area contributed by atoms with Crippen LogP contribution in [0.25, 0.3) is 0 Å². The van der Waals surface area contributed by atoms with E-state index in [1.54, 1.807) is 0 Å². The number of hydrogen-bond acceptors (Lipinski definition) is 4. The quantitative estimate of drug-likeness (QED) is 0.204. The summed E-state index contributed by atoms with van der Waals surface area (Å²) in [6.07, 6.45) is 1.11. The third-order valence-corrected chi connectivity index (χ3v) is 6.59. The highest BCUT2D eigenvalue weighted by Crippen LogP contribution is 2.43. The van der Waals surface area contributed by atoms with Crippen LogP contribution in [0.2, 0.25) is 0 Å². The summed E-state index contributed by atoms with van der Waals surface area (Å²) in [5.41, 5.74) is 1.72. The number of benzene rings is 2. The number of esters is 1. The zero-order valence-corrected chi connectivity index (χ0v) is 21.5. The third kappa shape index (κ3) is 5.40. The Balaban J connectivity index is 2.27. The van der Waals surface area contributed by atoms with Gasteiger partial charge in [0.1, 0.15) is 24.7 Å². The Morgan fingerprint density at radius 3 is 1.93 bits per heavy atom. The maximum Gasteiger partial charge on any atom is 0.330 e. The monoisotopic (exact) mass is 638 g/mol.